The summed E-state index contributed by atoms with van der Waals surface area (Å²) in [5.41, 5.74) is 4.46. The van der Waals surface area contributed by atoms with E-state index >= 15 is 4.39 Å². The average Bonchev–Trinajstić information content (AvgIpc) is 3.37. The Labute approximate surface area is 194 Å². The largest absolute Gasteiger partial charge is 0.381 e. The number of likely N-dealkylation sites (tertiary alicyclic amines) is 1. The third-order valence-electron chi connectivity index (χ3n) is 6.92. The highest BCUT2D eigenvalue weighted by atomic mass is 19.1. The summed E-state index contributed by atoms with van der Waals surface area (Å²) in [6, 6.07) is 10.1. The van der Waals surface area contributed by atoms with E-state index in [9.17, 15) is 4.79 Å². The van der Waals surface area contributed by atoms with E-state index < -0.39 is 0 Å². The number of carbonyl (C=O) groups is 1. The summed E-state index contributed by atoms with van der Waals surface area (Å²) in [5, 5.41) is 10.8. The number of hydrogen-bond donors (Lipinski definition) is 2. The maximum absolute atomic E-state index is 15.1. The van der Waals surface area contributed by atoms with Crippen molar-refractivity contribution in [1.29, 1.82) is 0 Å². The zero-order valence-corrected chi connectivity index (χ0v) is 19.4. The molecular formula is C26H32FN5O. The molecule has 1 amide bonds. The standard InChI is InChI=1S/C26H32FN5O/c1-17(2)31-12-8-20(15-31)22-6-5-19(13-23(22)27)21-14-25-24(7-9-30-32(25)16-21)28-10-11-29-26(33)18-3-4-18/h5-7,9,13-14,16-18,20,28H,3-4,8,10-12,15H2,1-2H3,(H,29,33)/t20-/m1/s1. The number of fused-ring (bicyclic) bond motifs is 1. The number of nitrogens with zero attached hydrogens (tertiary/aromatic N) is 3. The smallest absolute Gasteiger partial charge is 0.223 e. The fraction of sp³-hybridized carbons (Fsp3) is 0.462. The first-order valence-corrected chi connectivity index (χ1v) is 12.0. The van der Waals surface area contributed by atoms with Gasteiger partial charge in [0, 0.05) is 55.5 Å². The molecule has 7 heteroatoms. The summed E-state index contributed by atoms with van der Waals surface area (Å²) in [7, 11) is 0. The second kappa shape index (κ2) is 9.14. The molecule has 1 atom stereocenters. The van der Waals surface area contributed by atoms with Crippen LogP contribution in [-0.4, -0.2) is 52.6 Å². The van der Waals surface area contributed by atoms with Crippen molar-refractivity contribution >= 4 is 17.1 Å². The molecule has 0 bridgehead atoms. The molecule has 33 heavy (non-hydrogen) atoms. The zero-order valence-electron chi connectivity index (χ0n) is 19.4. The zero-order chi connectivity index (χ0) is 22.9. The number of nitrogens with one attached hydrogen (secondary N) is 2. The third-order valence-corrected chi connectivity index (χ3v) is 6.92. The van der Waals surface area contributed by atoms with E-state index in [4.69, 9.17) is 0 Å². The maximum Gasteiger partial charge on any atom is 0.223 e. The number of amides is 1. The third kappa shape index (κ3) is 4.74. The molecule has 174 valence electrons. The van der Waals surface area contributed by atoms with Crippen molar-refractivity contribution in [2.24, 2.45) is 5.92 Å². The van der Waals surface area contributed by atoms with Gasteiger partial charge in [0.15, 0.2) is 0 Å². The molecule has 2 aromatic heterocycles. The first-order chi connectivity index (χ1) is 16.0. The predicted molar refractivity (Wildman–Crippen MR) is 129 cm³/mol. The minimum Gasteiger partial charge on any atom is -0.381 e. The van der Waals surface area contributed by atoms with Crippen LogP contribution in [0.25, 0.3) is 16.6 Å². The highest BCUT2D eigenvalue weighted by molar-refractivity contribution is 5.81. The molecule has 0 radical (unpaired) electrons. The molecule has 2 aliphatic rings. The van der Waals surface area contributed by atoms with E-state index in [1.807, 2.05) is 35.0 Å². The van der Waals surface area contributed by atoms with Gasteiger partial charge in [-0.15, -0.1) is 0 Å². The number of hydrogen-bond acceptors (Lipinski definition) is 4. The molecule has 1 aliphatic carbocycles. The highest BCUT2D eigenvalue weighted by Crippen LogP contribution is 2.33. The Morgan fingerprint density at radius 3 is 2.73 bits per heavy atom. The molecular weight excluding hydrogens is 417 g/mol. The number of anilines is 1. The van der Waals surface area contributed by atoms with Crippen molar-refractivity contribution in [3.8, 4) is 11.1 Å². The number of benzene rings is 1. The van der Waals surface area contributed by atoms with E-state index in [1.165, 1.54) is 0 Å². The van der Waals surface area contributed by atoms with Gasteiger partial charge in [-0.25, -0.2) is 8.91 Å². The summed E-state index contributed by atoms with van der Waals surface area (Å²) in [6.07, 6.45) is 6.70. The van der Waals surface area contributed by atoms with E-state index in [0.717, 1.165) is 60.2 Å². The second-order valence-corrected chi connectivity index (χ2v) is 9.61. The van der Waals surface area contributed by atoms with E-state index in [1.54, 1.807) is 12.3 Å². The molecule has 1 saturated heterocycles. The fourth-order valence-corrected chi connectivity index (χ4v) is 4.74. The monoisotopic (exact) mass is 449 g/mol. The fourth-order valence-electron chi connectivity index (χ4n) is 4.74. The van der Waals surface area contributed by atoms with Gasteiger partial charge in [-0.05, 0) is 69.0 Å². The summed E-state index contributed by atoms with van der Waals surface area (Å²) in [6.45, 7) is 7.56. The molecule has 1 saturated carbocycles. The molecule has 2 fully saturated rings. The minimum atomic E-state index is -0.129. The van der Waals surface area contributed by atoms with Gasteiger partial charge < -0.3 is 15.5 Å². The lowest BCUT2D eigenvalue weighted by Crippen LogP contribution is -2.29. The van der Waals surface area contributed by atoms with Crippen molar-refractivity contribution < 1.29 is 9.18 Å². The van der Waals surface area contributed by atoms with Gasteiger partial charge in [0.25, 0.3) is 0 Å². The van der Waals surface area contributed by atoms with Crippen molar-refractivity contribution in [2.75, 3.05) is 31.5 Å². The van der Waals surface area contributed by atoms with Crippen molar-refractivity contribution in [2.45, 2.75) is 45.1 Å². The minimum absolute atomic E-state index is 0.129. The summed E-state index contributed by atoms with van der Waals surface area (Å²) in [4.78, 5) is 14.2. The molecule has 5 rings (SSSR count). The Hall–Kier alpha value is -2.93. The van der Waals surface area contributed by atoms with Crippen LogP contribution in [0.2, 0.25) is 0 Å². The van der Waals surface area contributed by atoms with E-state index in [2.05, 4.69) is 34.5 Å². The topological polar surface area (TPSA) is 61.7 Å². The van der Waals surface area contributed by atoms with Crippen molar-refractivity contribution in [3.05, 3.63) is 54.1 Å². The normalized spacial score (nSPS) is 18.8. The van der Waals surface area contributed by atoms with Crippen LogP contribution in [0.15, 0.2) is 42.7 Å². The molecule has 0 unspecified atom stereocenters. The lowest BCUT2D eigenvalue weighted by Gasteiger charge is -2.20. The van der Waals surface area contributed by atoms with Gasteiger partial charge in [0.2, 0.25) is 5.91 Å². The Kier molecular flexibility index (Phi) is 6.06. The van der Waals surface area contributed by atoms with Gasteiger partial charge in [-0.1, -0.05) is 12.1 Å². The first kappa shape index (κ1) is 21.9. The molecule has 1 aromatic carbocycles. The SMILES string of the molecule is CC(C)N1CC[C@@H](c2ccc(-c3cc4c(NCCNC(=O)C5CC5)ccnn4c3)cc2F)C1. The molecule has 2 N–H and O–H groups in total. The Bertz CT molecular complexity index is 1150. The van der Waals surface area contributed by atoms with Gasteiger partial charge in [0.05, 0.1) is 11.2 Å². The number of carbonyl (C=O) groups excluding carboxylic acids is 1. The average molecular weight is 450 g/mol. The molecule has 0 spiro atoms. The lowest BCUT2D eigenvalue weighted by atomic mass is 9.95. The second-order valence-electron chi connectivity index (χ2n) is 9.61. The molecule has 1 aliphatic heterocycles. The van der Waals surface area contributed by atoms with Crippen LogP contribution >= 0.6 is 0 Å². The highest BCUT2D eigenvalue weighted by Gasteiger charge is 2.29. The predicted octanol–water partition coefficient (Wildman–Crippen LogP) is 4.28. The van der Waals surface area contributed by atoms with Gasteiger partial charge in [-0.3, -0.25) is 4.79 Å². The van der Waals surface area contributed by atoms with Gasteiger partial charge >= 0.3 is 0 Å². The summed E-state index contributed by atoms with van der Waals surface area (Å²) >= 11 is 0. The van der Waals surface area contributed by atoms with Crippen LogP contribution in [0.4, 0.5) is 10.1 Å². The number of aromatic nitrogens is 2. The Balaban J connectivity index is 1.29. The van der Waals surface area contributed by atoms with Gasteiger partial charge in [-0.2, -0.15) is 5.10 Å². The number of halogens is 1. The van der Waals surface area contributed by atoms with E-state index in [0.29, 0.717) is 19.1 Å². The van der Waals surface area contributed by atoms with Crippen LogP contribution in [0.3, 0.4) is 0 Å². The molecule has 3 heterocycles. The van der Waals surface area contributed by atoms with Crippen LogP contribution in [0.5, 0.6) is 0 Å². The number of rotatable bonds is 8. The summed E-state index contributed by atoms with van der Waals surface area (Å²) < 4.78 is 16.9. The maximum atomic E-state index is 15.1. The van der Waals surface area contributed by atoms with Gasteiger partial charge in [0.1, 0.15) is 5.82 Å². The Morgan fingerprint density at radius 1 is 1.15 bits per heavy atom. The Morgan fingerprint density at radius 2 is 2.00 bits per heavy atom. The first-order valence-electron chi connectivity index (χ1n) is 12.0. The quantitative estimate of drug-likeness (QED) is 0.504. The molecule has 6 nitrogen and oxygen atoms in total. The van der Waals surface area contributed by atoms with Crippen molar-refractivity contribution in [3.63, 3.8) is 0 Å². The van der Waals surface area contributed by atoms with Crippen LogP contribution < -0.4 is 10.6 Å². The van der Waals surface area contributed by atoms with Crippen molar-refractivity contribution in [1.82, 2.24) is 19.8 Å². The van der Waals surface area contributed by atoms with Crippen LogP contribution in [0.1, 0.15) is 44.6 Å². The van der Waals surface area contributed by atoms with E-state index in [-0.39, 0.29) is 23.6 Å². The van der Waals surface area contributed by atoms with Crippen LogP contribution in [-0.2, 0) is 4.79 Å². The lowest BCUT2D eigenvalue weighted by molar-refractivity contribution is -0.122. The van der Waals surface area contributed by atoms with Crippen LogP contribution in [0, 0.1) is 11.7 Å². The molecule has 3 aromatic rings. The summed E-state index contributed by atoms with van der Waals surface area (Å²) in [5.74, 6) is 0.505.